The molecule has 0 spiro atoms. The van der Waals surface area contributed by atoms with Gasteiger partial charge in [0.25, 0.3) is 0 Å². The fraction of sp³-hybridized carbons (Fsp3) is 0.745. The van der Waals surface area contributed by atoms with Crippen LogP contribution < -0.4 is 10.1 Å². The van der Waals surface area contributed by atoms with Gasteiger partial charge >= 0.3 is 6.09 Å². The van der Waals surface area contributed by atoms with Crippen LogP contribution in [-0.2, 0) is 16.1 Å². The lowest BCUT2D eigenvalue weighted by Crippen LogP contribution is -2.72. The summed E-state index contributed by atoms with van der Waals surface area (Å²) < 4.78 is 17.2. The van der Waals surface area contributed by atoms with Crippen molar-refractivity contribution in [3.05, 3.63) is 53.6 Å². The first-order valence-electron chi connectivity index (χ1n) is 24.8. The normalized spacial score (nSPS) is 29.6. The van der Waals surface area contributed by atoms with Crippen LogP contribution in [0.15, 0.2) is 47.4 Å². The van der Waals surface area contributed by atoms with E-state index in [1.807, 2.05) is 17.9 Å². The number of anilines is 1. The number of aliphatic hydroxyl groups excluding tert-OH is 4. The highest BCUT2D eigenvalue weighted by atomic mass is 32.4. The van der Waals surface area contributed by atoms with Crippen LogP contribution in [0.4, 0.5) is 10.5 Å². The summed E-state index contributed by atoms with van der Waals surface area (Å²) in [6.45, 7) is 1.37. The molecule has 1 amide bonds. The Bertz CT molecular complexity index is 1620. The second-order valence-corrected chi connectivity index (χ2v) is 28.1. The summed E-state index contributed by atoms with van der Waals surface area (Å²) in [6, 6.07) is 15.2. The third-order valence-corrected chi connectivity index (χ3v) is 31.3. The largest absolute Gasteiger partial charge is 0.462 e. The molecule has 1 aliphatic heterocycles. The van der Waals surface area contributed by atoms with Gasteiger partial charge in [0.1, 0.15) is 36.8 Å². The molecule has 1 saturated heterocycles. The van der Waals surface area contributed by atoms with Gasteiger partial charge in [-0.15, -0.1) is 0 Å². The predicted molar refractivity (Wildman–Crippen MR) is 246 cm³/mol. The van der Waals surface area contributed by atoms with Crippen LogP contribution in [0.25, 0.3) is 0 Å². The molecule has 6 fully saturated rings. The second kappa shape index (κ2) is 19.0. The van der Waals surface area contributed by atoms with E-state index in [1.54, 1.807) is 12.1 Å². The first-order chi connectivity index (χ1) is 29.7. The Morgan fingerprint density at radius 3 is 1.48 bits per heavy atom. The topological polar surface area (TPSA) is 138 Å². The maximum Gasteiger partial charge on any atom is 0.411 e. The highest BCUT2D eigenvalue weighted by Gasteiger charge is 2.79. The van der Waals surface area contributed by atoms with E-state index < -0.39 is 51.7 Å². The lowest BCUT2D eigenvalue weighted by atomic mass is 9.97. The zero-order valence-corrected chi connectivity index (χ0v) is 38.1. The number of carbonyl (C=O) groups excluding carboxylic acids is 1. The van der Waals surface area contributed by atoms with Gasteiger partial charge in [-0.05, 0) is 150 Å². The number of carbonyl (C=O) groups is 1. The Balaban J connectivity index is 1.10. The molecular weight excluding hydrogens is 787 g/mol. The van der Waals surface area contributed by atoms with Gasteiger partial charge in [0.05, 0.1) is 6.61 Å². The average molecular weight is 866 g/mol. The third-order valence-electron chi connectivity index (χ3n) is 17.9. The van der Waals surface area contributed by atoms with E-state index >= 15 is 0 Å². The maximum absolute atomic E-state index is 13.5. The van der Waals surface area contributed by atoms with Crippen LogP contribution in [0.1, 0.15) is 172 Å². The number of nitrogens with one attached hydrogen (secondary N) is 1. The molecule has 8 rings (SSSR count). The first-order valence-corrected chi connectivity index (χ1v) is 27.6. The number of ether oxygens (including phenoxy) is 3. The molecule has 5 saturated carbocycles. The summed E-state index contributed by atoms with van der Waals surface area (Å²) >= 11 is 0. The van der Waals surface area contributed by atoms with E-state index in [0.29, 0.717) is 11.3 Å². The minimum atomic E-state index is -3.20. The molecule has 6 aliphatic rings. The minimum Gasteiger partial charge on any atom is -0.462 e. The van der Waals surface area contributed by atoms with E-state index in [-0.39, 0.29) is 6.61 Å². The van der Waals surface area contributed by atoms with Crippen LogP contribution in [0, 0.1) is 6.92 Å². The van der Waals surface area contributed by atoms with Crippen molar-refractivity contribution in [2.24, 2.45) is 0 Å². The van der Waals surface area contributed by atoms with Crippen molar-refractivity contribution in [2.45, 2.75) is 236 Å². The Kier molecular flexibility index (Phi) is 14.1. The van der Waals surface area contributed by atoms with Crippen LogP contribution in [0.2, 0.25) is 0 Å². The Hall–Kier alpha value is -2.34. The van der Waals surface area contributed by atoms with Crippen molar-refractivity contribution in [1.82, 2.24) is 0 Å². The molecular formula is C51H79NO8S. The monoisotopic (exact) mass is 866 g/mol. The summed E-state index contributed by atoms with van der Waals surface area (Å²) in [7, 11) is -3.20. The molecule has 0 aromatic heterocycles. The molecule has 61 heavy (non-hydrogen) atoms. The third kappa shape index (κ3) is 7.37. The molecule has 5 N–H and O–H groups in total. The molecule has 0 radical (unpaired) electrons. The number of aryl methyl sites for hydroxylation is 1. The number of amides is 1. The fourth-order valence-electron chi connectivity index (χ4n) is 15.8. The summed E-state index contributed by atoms with van der Waals surface area (Å²) in [5, 5.41) is 47.7. The SMILES string of the molecule is Cc1cc(COC(=O)Nc2ccc(S(C3CCCCC3)(C3CCCCC3)(C3CCCCC3)(C3CCCCC3)C3CCCCC3)cc2)ccc1O[C@@H]1OC(CO)[C@H](O)C(O)[C@H]1O. The van der Waals surface area contributed by atoms with Crippen LogP contribution in [0.3, 0.4) is 0 Å². The number of benzene rings is 2. The lowest BCUT2D eigenvalue weighted by Gasteiger charge is -2.97. The van der Waals surface area contributed by atoms with Crippen LogP contribution in [-0.4, -0.2) is 90.1 Å². The highest BCUT2D eigenvalue weighted by molar-refractivity contribution is 8.66. The zero-order chi connectivity index (χ0) is 42.5. The van der Waals surface area contributed by atoms with Gasteiger partial charge in [0, 0.05) is 5.69 Å². The van der Waals surface area contributed by atoms with E-state index in [2.05, 4.69) is 29.6 Å². The van der Waals surface area contributed by atoms with Crippen molar-refractivity contribution in [3.63, 3.8) is 0 Å². The molecule has 342 valence electrons. The summed E-state index contributed by atoms with van der Waals surface area (Å²) in [4.78, 5) is 15.3. The van der Waals surface area contributed by atoms with Crippen molar-refractivity contribution in [1.29, 1.82) is 0 Å². The van der Waals surface area contributed by atoms with Crippen LogP contribution >= 0.6 is 8.29 Å². The fourth-order valence-corrected chi connectivity index (χ4v) is 32.4. The summed E-state index contributed by atoms with van der Waals surface area (Å²) in [5.74, 6) is 0.406. The summed E-state index contributed by atoms with van der Waals surface area (Å²) in [5.41, 5.74) is 2.30. The highest BCUT2D eigenvalue weighted by Crippen LogP contribution is 3.09. The lowest BCUT2D eigenvalue weighted by molar-refractivity contribution is -0.277. The van der Waals surface area contributed by atoms with Crippen molar-refractivity contribution >= 4 is 20.1 Å². The zero-order valence-electron chi connectivity index (χ0n) is 37.2. The van der Waals surface area contributed by atoms with Gasteiger partial charge in [-0.1, -0.05) is 102 Å². The van der Waals surface area contributed by atoms with E-state index in [9.17, 15) is 25.2 Å². The summed E-state index contributed by atoms with van der Waals surface area (Å²) in [6.07, 6.45) is 28.2. The predicted octanol–water partition coefficient (Wildman–Crippen LogP) is 10.8. The average Bonchev–Trinajstić information content (AvgIpc) is 3.32. The second-order valence-electron chi connectivity index (χ2n) is 20.4. The standard InChI is InChI=1S/C51H79NO8S/c1-36-33-37(27-32-45(36)59-50-49(56)48(55)47(54)46(34-53)60-50)35-58-51(57)52-38-28-30-44(31-29-38)61(39-17-7-2-8-18-39,40-19-9-3-10-20-40,41-21-11-4-12-22-41,42-23-13-5-14-24-42)43-25-15-6-16-26-43/h27-33,39-43,46-50,53-56H,2-26,34-35H2,1H3,(H,52,57)/t46?,47-,48?,49+,50+/m0/s1. The van der Waals surface area contributed by atoms with Gasteiger partial charge in [0.2, 0.25) is 6.29 Å². The molecule has 2 aromatic carbocycles. The van der Waals surface area contributed by atoms with E-state index in [1.165, 1.54) is 161 Å². The minimum absolute atomic E-state index is 0.0660. The van der Waals surface area contributed by atoms with Crippen molar-refractivity contribution in [2.75, 3.05) is 11.9 Å². The molecule has 2 unspecified atom stereocenters. The van der Waals surface area contributed by atoms with Crippen LogP contribution in [0.5, 0.6) is 5.75 Å². The van der Waals surface area contributed by atoms with E-state index in [4.69, 9.17) is 14.2 Å². The Morgan fingerprint density at radius 1 is 0.623 bits per heavy atom. The van der Waals surface area contributed by atoms with E-state index in [0.717, 1.165) is 37.5 Å². The van der Waals surface area contributed by atoms with Crippen molar-refractivity contribution in [3.8, 4) is 5.75 Å². The van der Waals surface area contributed by atoms with Gasteiger partial charge in [-0.25, -0.2) is 13.1 Å². The van der Waals surface area contributed by atoms with Gasteiger partial charge in [-0.2, -0.15) is 0 Å². The first kappa shape index (κ1) is 45.2. The van der Waals surface area contributed by atoms with Gasteiger partial charge in [-0.3, -0.25) is 5.32 Å². The van der Waals surface area contributed by atoms with Gasteiger partial charge in [0.15, 0.2) is 0 Å². The molecule has 9 nitrogen and oxygen atoms in total. The molecule has 5 atom stereocenters. The Morgan fingerprint density at radius 2 is 1.07 bits per heavy atom. The maximum atomic E-state index is 13.5. The molecule has 1 heterocycles. The smallest absolute Gasteiger partial charge is 0.411 e. The number of rotatable bonds is 12. The Labute approximate surface area is 365 Å². The number of hydrogen-bond donors (Lipinski definition) is 5. The molecule has 2 aromatic rings. The van der Waals surface area contributed by atoms with Gasteiger partial charge < -0.3 is 34.6 Å². The quantitative estimate of drug-likeness (QED) is 0.142. The molecule has 10 heteroatoms. The number of aliphatic hydroxyl groups is 4. The number of hydrogen-bond acceptors (Lipinski definition) is 8. The molecule has 5 aliphatic carbocycles. The molecule has 0 bridgehead atoms. The van der Waals surface area contributed by atoms with Crippen molar-refractivity contribution < 1.29 is 39.4 Å².